The number of para-hydroxylation sites is 1. The molecule has 1 amide bonds. The van der Waals surface area contributed by atoms with Crippen molar-refractivity contribution in [3.05, 3.63) is 82.6 Å². The first-order valence-electron chi connectivity index (χ1n) is 13.4. The van der Waals surface area contributed by atoms with Gasteiger partial charge in [-0.3, -0.25) is 9.69 Å². The van der Waals surface area contributed by atoms with Crippen molar-refractivity contribution < 1.29 is 4.79 Å². The van der Waals surface area contributed by atoms with Gasteiger partial charge in [0.25, 0.3) is 5.91 Å². The van der Waals surface area contributed by atoms with Gasteiger partial charge in [-0.05, 0) is 54.7 Å². The van der Waals surface area contributed by atoms with Crippen LogP contribution in [-0.2, 0) is 13.6 Å². The van der Waals surface area contributed by atoms with Gasteiger partial charge in [0.2, 0.25) is 0 Å². The number of aromatic nitrogens is 1. The number of carbonyl (C=O) groups excluding carboxylic acids is 1. The van der Waals surface area contributed by atoms with Crippen molar-refractivity contribution in [3.63, 3.8) is 0 Å². The van der Waals surface area contributed by atoms with Crippen LogP contribution < -0.4 is 9.80 Å². The smallest absolute Gasteiger partial charge is 0.270 e. The van der Waals surface area contributed by atoms with E-state index in [2.05, 4.69) is 70.3 Å². The number of rotatable bonds is 5. The first-order valence-corrected chi connectivity index (χ1v) is 13.8. The van der Waals surface area contributed by atoms with E-state index in [1.165, 1.54) is 16.8 Å². The van der Waals surface area contributed by atoms with E-state index in [1.54, 1.807) is 0 Å². The van der Waals surface area contributed by atoms with E-state index >= 15 is 0 Å². The predicted octanol–water partition coefficient (Wildman–Crippen LogP) is 4.52. The Morgan fingerprint density at radius 2 is 1.57 bits per heavy atom. The molecule has 2 aromatic carbocycles. The molecule has 7 heteroatoms. The van der Waals surface area contributed by atoms with Crippen LogP contribution in [0, 0.1) is 18.8 Å². The van der Waals surface area contributed by atoms with Gasteiger partial charge >= 0.3 is 0 Å². The highest BCUT2D eigenvalue weighted by Gasteiger charge is 2.40. The Labute approximate surface area is 225 Å². The van der Waals surface area contributed by atoms with E-state index in [-0.39, 0.29) is 5.91 Å². The molecule has 0 saturated carbocycles. The average Bonchev–Trinajstić information content (AvgIpc) is 3.57. The Balaban J connectivity index is 1.03. The molecule has 0 spiro atoms. The van der Waals surface area contributed by atoms with Crippen LogP contribution in [0.3, 0.4) is 0 Å². The third-order valence-corrected chi connectivity index (χ3v) is 8.73. The first kappa shape index (κ1) is 24.4. The lowest BCUT2D eigenvalue weighted by molar-refractivity contribution is 0.0737. The van der Waals surface area contributed by atoms with Gasteiger partial charge in [0.1, 0.15) is 5.69 Å². The molecular formula is C30H36ClN5O. The monoisotopic (exact) mass is 517 g/mol. The van der Waals surface area contributed by atoms with Crippen LogP contribution in [0.4, 0.5) is 11.4 Å². The molecule has 6 rings (SSSR count). The second-order valence-corrected chi connectivity index (χ2v) is 11.4. The molecule has 3 saturated heterocycles. The molecule has 37 heavy (non-hydrogen) atoms. The lowest BCUT2D eigenvalue weighted by atomic mass is 10.0. The maximum absolute atomic E-state index is 13.4. The lowest BCUT2D eigenvalue weighted by Gasteiger charge is -2.36. The van der Waals surface area contributed by atoms with Gasteiger partial charge in [0.05, 0.1) is 10.7 Å². The number of likely N-dealkylation sites (tertiary alicyclic amines) is 1. The Bertz CT molecular complexity index is 1250. The van der Waals surface area contributed by atoms with Gasteiger partial charge in [-0.2, -0.15) is 0 Å². The van der Waals surface area contributed by atoms with Crippen LogP contribution in [0.2, 0.25) is 5.02 Å². The number of amides is 1. The SMILES string of the molecule is Cc1ccc(N2CCN(C(=O)c3cc(CN4CC5CN(c6ccccc6Cl)CC5C4)cn3C)CC2)cc1. The summed E-state index contributed by atoms with van der Waals surface area (Å²) in [6.07, 6.45) is 2.14. The highest BCUT2D eigenvalue weighted by molar-refractivity contribution is 6.33. The molecule has 0 radical (unpaired) electrons. The van der Waals surface area contributed by atoms with Gasteiger partial charge in [-0.15, -0.1) is 0 Å². The molecular weight excluding hydrogens is 482 g/mol. The fraction of sp³-hybridized carbons (Fsp3) is 0.433. The minimum absolute atomic E-state index is 0.144. The number of nitrogens with zero attached hydrogens (tertiary/aromatic N) is 5. The number of hydrogen-bond donors (Lipinski definition) is 0. The Hall–Kier alpha value is -2.96. The predicted molar refractivity (Wildman–Crippen MR) is 151 cm³/mol. The lowest BCUT2D eigenvalue weighted by Crippen LogP contribution is -2.49. The molecule has 3 aliphatic rings. The molecule has 194 valence electrons. The van der Waals surface area contributed by atoms with Crippen LogP contribution in [-0.4, -0.2) is 72.6 Å². The van der Waals surface area contributed by atoms with Crippen LogP contribution in [0.15, 0.2) is 60.8 Å². The molecule has 3 aromatic rings. The third-order valence-electron chi connectivity index (χ3n) is 8.41. The number of benzene rings is 2. The topological polar surface area (TPSA) is 35.0 Å². The summed E-state index contributed by atoms with van der Waals surface area (Å²) < 4.78 is 2.01. The average molecular weight is 518 g/mol. The summed E-state index contributed by atoms with van der Waals surface area (Å²) in [6, 6.07) is 18.9. The third kappa shape index (κ3) is 4.97. The van der Waals surface area contributed by atoms with Crippen LogP contribution >= 0.6 is 11.6 Å². The highest BCUT2D eigenvalue weighted by Crippen LogP contribution is 2.37. The molecule has 2 unspecified atom stereocenters. The zero-order chi connectivity index (χ0) is 25.5. The summed E-state index contributed by atoms with van der Waals surface area (Å²) in [5, 5.41) is 0.845. The zero-order valence-electron chi connectivity index (χ0n) is 21.8. The summed E-state index contributed by atoms with van der Waals surface area (Å²) >= 11 is 6.45. The van der Waals surface area contributed by atoms with Crippen LogP contribution in [0.25, 0.3) is 0 Å². The summed E-state index contributed by atoms with van der Waals surface area (Å²) in [5.41, 5.74) is 5.70. The number of fused-ring (bicyclic) bond motifs is 1. The van der Waals surface area contributed by atoms with Gasteiger partial charge in [-0.1, -0.05) is 41.4 Å². The van der Waals surface area contributed by atoms with Gasteiger partial charge in [0, 0.05) is 77.8 Å². The molecule has 6 nitrogen and oxygen atoms in total. The van der Waals surface area contributed by atoms with Crippen molar-refractivity contribution >= 4 is 28.9 Å². The van der Waals surface area contributed by atoms with E-state index < -0.39 is 0 Å². The summed E-state index contributed by atoms with van der Waals surface area (Å²) in [5.74, 6) is 1.49. The molecule has 4 heterocycles. The Kier molecular flexibility index (Phi) is 6.63. The van der Waals surface area contributed by atoms with Gasteiger partial charge in [0.15, 0.2) is 0 Å². The second kappa shape index (κ2) is 10.1. The van der Waals surface area contributed by atoms with Crippen molar-refractivity contribution in [3.8, 4) is 0 Å². The van der Waals surface area contributed by atoms with Crippen molar-refractivity contribution in [2.24, 2.45) is 18.9 Å². The molecule has 3 aliphatic heterocycles. The fourth-order valence-electron chi connectivity index (χ4n) is 6.40. The van der Waals surface area contributed by atoms with Gasteiger partial charge < -0.3 is 19.3 Å². The first-order chi connectivity index (χ1) is 17.9. The second-order valence-electron chi connectivity index (χ2n) is 11.0. The molecule has 3 fully saturated rings. The molecule has 0 N–H and O–H groups in total. The molecule has 1 aromatic heterocycles. The standard InChI is InChI=1S/C30H36ClN5O/c1-22-7-9-26(10-8-22)34-11-13-35(14-12-34)30(37)29-15-23(16-32(29)2)17-33-18-24-20-36(21-25(24)19-33)28-6-4-3-5-27(28)31/h3-10,15-16,24-25H,11-14,17-21H2,1-2H3. The number of aryl methyl sites for hydroxylation is 2. The molecule has 0 aliphatic carbocycles. The summed E-state index contributed by atoms with van der Waals surface area (Å²) in [7, 11) is 2.00. The largest absolute Gasteiger partial charge is 0.370 e. The van der Waals surface area contributed by atoms with E-state index in [0.29, 0.717) is 11.8 Å². The minimum Gasteiger partial charge on any atom is -0.370 e. The number of hydrogen-bond acceptors (Lipinski definition) is 4. The summed E-state index contributed by atoms with van der Waals surface area (Å²) in [6.45, 7) is 10.6. The van der Waals surface area contributed by atoms with E-state index in [0.717, 1.165) is 75.3 Å². The number of halogens is 1. The van der Waals surface area contributed by atoms with Crippen molar-refractivity contribution in [2.45, 2.75) is 13.5 Å². The normalized spacial score (nSPS) is 22.1. The van der Waals surface area contributed by atoms with Crippen LogP contribution in [0.5, 0.6) is 0 Å². The van der Waals surface area contributed by atoms with E-state index in [4.69, 9.17) is 11.6 Å². The Morgan fingerprint density at radius 1 is 0.892 bits per heavy atom. The van der Waals surface area contributed by atoms with E-state index in [1.807, 2.05) is 28.6 Å². The van der Waals surface area contributed by atoms with E-state index in [9.17, 15) is 4.79 Å². The molecule has 2 atom stereocenters. The van der Waals surface area contributed by atoms with Crippen molar-refractivity contribution in [1.29, 1.82) is 0 Å². The quantitative estimate of drug-likeness (QED) is 0.498. The van der Waals surface area contributed by atoms with Crippen LogP contribution in [0.1, 0.15) is 21.6 Å². The number of piperazine rings is 1. The zero-order valence-corrected chi connectivity index (χ0v) is 22.6. The Morgan fingerprint density at radius 3 is 2.24 bits per heavy atom. The minimum atomic E-state index is 0.144. The highest BCUT2D eigenvalue weighted by atomic mass is 35.5. The van der Waals surface area contributed by atoms with Crippen molar-refractivity contribution in [1.82, 2.24) is 14.4 Å². The van der Waals surface area contributed by atoms with Gasteiger partial charge in [-0.25, -0.2) is 0 Å². The summed E-state index contributed by atoms with van der Waals surface area (Å²) in [4.78, 5) is 22.8. The fourth-order valence-corrected chi connectivity index (χ4v) is 6.66. The number of carbonyl (C=O) groups is 1. The maximum atomic E-state index is 13.4. The molecule has 0 bridgehead atoms. The maximum Gasteiger partial charge on any atom is 0.270 e. The number of anilines is 2. The van der Waals surface area contributed by atoms with Crippen molar-refractivity contribution in [2.75, 3.05) is 62.2 Å².